The van der Waals surface area contributed by atoms with E-state index < -0.39 is 10.0 Å². The monoisotopic (exact) mass is 297 g/mol. The second kappa shape index (κ2) is 5.90. The van der Waals surface area contributed by atoms with Crippen LogP contribution in [0.3, 0.4) is 0 Å². The van der Waals surface area contributed by atoms with Gasteiger partial charge in [0.15, 0.2) is 0 Å². The largest absolute Gasteiger partial charge is 0.241 e. The van der Waals surface area contributed by atoms with Gasteiger partial charge in [0.2, 0.25) is 10.0 Å². The van der Waals surface area contributed by atoms with Crippen molar-refractivity contribution in [1.29, 1.82) is 0 Å². The molecule has 0 fully saturated rings. The maximum Gasteiger partial charge on any atom is 0.241 e. The van der Waals surface area contributed by atoms with Crippen molar-refractivity contribution in [2.45, 2.75) is 24.3 Å². The van der Waals surface area contributed by atoms with Crippen molar-refractivity contribution in [3.8, 4) is 0 Å². The van der Waals surface area contributed by atoms with Crippen LogP contribution < -0.4 is 4.72 Å². The third kappa shape index (κ3) is 3.08. The molecule has 1 N–H and O–H groups in total. The molecule has 0 saturated carbocycles. The minimum Gasteiger partial charge on any atom is -0.207 e. The number of benzene rings is 2. The molecule has 102 valence electrons. The second-order valence-electron chi connectivity index (χ2n) is 4.36. The Bertz CT molecular complexity index is 661. The fourth-order valence-electron chi connectivity index (χ4n) is 1.94. The maximum atomic E-state index is 12.4. The Morgan fingerprint density at radius 2 is 1.84 bits per heavy atom. The summed E-state index contributed by atoms with van der Waals surface area (Å²) in [5.74, 6) is 0.264. The smallest absolute Gasteiger partial charge is 0.207 e. The Kier molecular flexibility index (Phi) is 4.45. The van der Waals surface area contributed by atoms with Crippen LogP contribution in [0.25, 0.3) is 10.8 Å². The van der Waals surface area contributed by atoms with Gasteiger partial charge in [-0.1, -0.05) is 43.3 Å². The molecular formula is C14H16ClNO2S. The molecule has 2 aromatic carbocycles. The van der Waals surface area contributed by atoms with Crippen molar-refractivity contribution in [2.75, 3.05) is 5.88 Å². The first-order valence-corrected chi connectivity index (χ1v) is 8.16. The van der Waals surface area contributed by atoms with Gasteiger partial charge in [0.05, 0.1) is 4.90 Å². The van der Waals surface area contributed by atoms with Gasteiger partial charge < -0.3 is 0 Å². The highest BCUT2D eigenvalue weighted by atomic mass is 35.5. The number of sulfonamides is 1. The molecule has 1 unspecified atom stereocenters. The normalized spacial score (nSPS) is 13.6. The Balaban J connectivity index is 2.49. The molecule has 0 saturated heterocycles. The van der Waals surface area contributed by atoms with E-state index in [-0.39, 0.29) is 11.9 Å². The quantitative estimate of drug-likeness (QED) is 0.862. The summed E-state index contributed by atoms with van der Waals surface area (Å²) >= 11 is 5.75. The van der Waals surface area contributed by atoms with E-state index in [1.165, 1.54) is 0 Å². The Morgan fingerprint density at radius 1 is 1.16 bits per heavy atom. The van der Waals surface area contributed by atoms with Gasteiger partial charge in [0, 0.05) is 17.3 Å². The molecule has 5 heteroatoms. The third-order valence-electron chi connectivity index (χ3n) is 3.04. The van der Waals surface area contributed by atoms with Crippen molar-refractivity contribution in [1.82, 2.24) is 4.72 Å². The highest BCUT2D eigenvalue weighted by molar-refractivity contribution is 7.89. The summed E-state index contributed by atoms with van der Waals surface area (Å²) in [5, 5.41) is 1.63. The molecule has 0 aliphatic heterocycles. The summed E-state index contributed by atoms with van der Waals surface area (Å²) in [7, 11) is -3.54. The van der Waals surface area contributed by atoms with Crippen molar-refractivity contribution >= 4 is 32.4 Å². The summed E-state index contributed by atoms with van der Waals surface area (Å²) < 4.78 is 27.5. The van der Waals surface area contributed by atoms with E-state index in [1.807, 2.05) is 37.3 Å². The van der Waals surface area contributed by atoms with Gasteiger partial charge in [0.1, 0.15) is 0 Å². The summed E-state index contributed by atoms with van der Waals surface area (Å²) in [6, 6.07) is 12.4. The molecule has 0 aliphatic rings. The van der Waals surface area contributed by atoms with Crippen molar-refractivity contribution in [3.63, 3.8) is 0 Å². The first kappa shape index (κ1) is 14.3. The number of fused-ring (bicyclic) bond motifs is 1. The predicted octanol–water partition coefficient (Wildman–Crippen LogP) is 3.14. The number of nitrogens with one attached hydrogen (secondary N) is 1. The number of alkyl halides is 1. The number of hydrogen-bond donors (Lipinski definition) is 1. The first-order chi connectivity index (χ1) is 9.08. The molecule has 2 aromatic rings. The maximum absolute atomic E-state index is 12.4. The average Bonchev–Trinajstić information content (AvgIpc) is 2.44. The van der Waals surface area contributed by atoms with Crippen LogP contribution in [-0.4, -0.2) is 20.3 Å². The van der Waals surface area contributed by atoms with Gasteiger partial charge in [-0.25, -0.2) is 13.1 Å². The standard InChI is InChI=1S/C14H16ClNO2S/c1-2-12(10-15)16-19(17,18)14-9-5-7-11-6-3-4-8-13(11)14/h3-9,12,16H,2,10H2,1H3. The predicted molar refractivity (Wildman–Crippen MR) is 79.1 cm³/mol. The Labute approximate surface area is 118 Å². The average molecular weight is 298 g/mol. The van der Waals surface area contributed by atoms with Crippen molar-refractivity contribution in [3.05, 3.63) is 42.5 Å². The molecule has 0 aromatic heterocycles. The van der Waals surface area contributed by atoms with Crippen LogP contribution in [0, 0.1) is 0 Å². The molecule has 3 nitrogen and oxygen atoms in total. The summed E-state index contributed by atoms with van der Waals surface area (Å²) in [6.45, 7) is 1.90. The van der Waals surface area contributed by atoms with E-state index in [0.29, 0.717) is 11.3 Å². The summed E-state index contributed by atoms with van der Waals surface area (Å²) in [5.41, 5.74) is 0. The van der Waals surface area contributed by atoms with Crippen LogP contribution >= 0.6 is 11.6 Å². The number of rotatable bonds is 5. The van der Waals surface area contributed by atoms with Gasteiger partial charge in [-0.05, 0) is 17.9 Å². The lowest BCUT2D eigenvalue weighted by molar-refractivity contribution is 0.558. The summed E-state index contributed by atoms with van der Waals surface area (Å²) in [6.07, 6.45) is 0.660. The van der Waals surface area contributed by atoms with E-state index in [4.69, 9.17) is 11.6 Å². The molecule has 0 spiro atoms. The first-order valence-electron chi connectivity index (χ1n) is 6.14. The molecule has 2 rings (SSSR count). The molecule has 0 amide bonds. The van der Waals surface area contributed by atoms with E-state index >= 15 is 0 Å². The highest BCUT2D eigenvalue weighted by Gasteiger charge is 2.20. The lowest BCUT2D eigenvalue weighted by atomic mass is 10.1. The van der Waals surface area contributed by atoms with Crippen LogP contribution in [0.4, 0.5) is 0 Å². The van der Waals surface area contributed by atoms with Crippen molar-refractivity contribution in [2.24, 2.45) is 0 Å². The third-order valence-corrected chi connectivity index (χ3v) is 4.99. The zero-order valence-electron chi connectivity index (χ0n) is 10.6. The van der Waals surface area contributed by atoms with Crippen LogP contribution in [0.5, 0.6) is 0 Å². The minimum atomic E-state index is -3.54. The van der Waals surface area contributed by atoms with Crippen LogP contribution in [0.15, 0.2) is 47.4 Å². The van der Waals surface area contributed by atoms with Crippen LogP contribution in [0.1, 0.15) is 13.3 Å². The molecule has 1 atom stereocenters. The zero-order valence-corrected chi connectivity index (χ0v) is 12.2. The van der Waals surface area contributed by atoms with E-state index in [1.54, 1.807) is 12.1 Å². The molecule has 0 aliphatic carbocycles. The number of halogens is 1. The topological polar surface area (TPSA) is 46.2 Å². The van der Waals surface area contributed by atoms with Gasteiger partial charge in [-0.2, -0.15) is 0 Å². The van der Waals surface area contributed by atoms with Crippen LogP contribution in [-0.2, 0) is 10.0 Å². The van der Waals surface area contributed by atoms with Gasteiger partial charge in [-0.15, -0.1) is 11.6 Å². The lowest BCUT2D eigenvalue weighted by Gasteiger charge is -2.15. The van der Waals surface area contributed by atoms with Gasteiger partial charge >= 0.3 is 0 Å². The number of hydrogen-bond acceptors (Lipinski definition) is 2. The fraction of sp³-hybridized carbons (Fsp3) is 0.286. The second-order valence-corrected chi connectivity index (χ2v) is 6.35. The molecule has 19 heavy (non-hydrogen) atoms. The molecular weight excluding hydrogens is 282 g/mol. The van der Waals surface area contributed by atoms with Gasteiger partial charge in [-0.3, -0.25) is 0 Å². The van der Waals surface area contributed by atoms with E-state index in [0.717, 1.165) is 10.8 Å². The Morgan fingerprint density at radius 3 is 2.53 bits per heavy atom. The summed E-state index contributed by atoms with van der Waals surface area (Å²) in [4.78, 5) is 0.300. The highest BCUT2D eigenvalue weighted by Crippen LogP contribution is 2.22. The molecule has 0 heterocycles. The molecule has 0 bridgehead atoms. The SMILES string of the molecule is CCC(CCl)NS(=O)(=O)c1cccc2ccccc12. The van der Waals surface area contributed by atoms with E-state index in [9.17, 15) is 8.42 Å². The van der Waals surface area contributed by atoms with E-state index in [2.05, 4.69) is 4.72 Å². The lowest BCUT2D eigenvalue weighted by Crippen LogP contribution is -2.35. The fourth-order valence-corrected chi connectivity index (χ4v) is 3.87. The van der Waals surface area contributed by atoms with Crippen LogP contribution in [0.2, 0.25) is 0 Å². The van der Waals surface area contributed by atoms with Crippen molar-refractivity contribution < 1.29 is 8.42 Å². The van der Waals surface area contributed by atoms with Gasteiger partial charge in [0.25, 0.3) is 0 Å². The zero-order chi connectivity index (χ0) is 13.9. The minimum absolute atomic E-state index is 0.245. The Hall–Kier alpha value is -1.10. The molecule has 0 radical (unpaired) electrons.